The Kier molecular flexibility index (Phi) is 3.13. The van der Waals surface area contributed by atoms with Crippen molar-refractivity contribution in [3.05, 3.63) is 33.9 Å². The largest absolute Gasteiger partial charge is 0.476 e. The maximum absolute atomic E-state index is 13.0. The number of hydrogen-bond acceptors (Lipinski definition) is 4. The molecule has 0 N–H and O–H groups in total. The Hall–Kier alpha value is -2.23. The molecule has 0 spiro atoms. The second-order valence-corrected chi connectivity index (χ2v) is 2.44. The molecule has 5 nitrogen and oxygen atoms in total. The van der Waals surface area contributed by atoms with Crippen LogP contribution < -0.4 is 4.74 Å². The Bertz CT molecular complexity index is 442. The third-order valence-corrected chi connectivity index (χ3v) is 1.49. The van der Waals surface area contributed by atoms with Gasteiger partial charge >= 0.3 is 5.69 Å². The Labute approximate surface area is 82.7 Å². The van der Waals surface area contributed by atoms with E-state index < -0.39 is 34.6 Å². The molecule has 0 atom stereocenters. The highest BCUT2D eigenvalue weighted by atomic mass is 19.1. The fourth-order valence-corrected chi connectivity index (χ4v) is 0.879. The molecule has 0 saturated heterocycles. The maximum Gasteiger partial charge on any atom is 0.307 e. The van der Waals surface area contributed by atoms with E-state index in [1.807, 2.05) is 0 Å². The molecule has 0 aliphatic heterocycles. The summed E-state index contributed by atoms with van der Waals surface area (Å²) in [6.07, 6.45) is 0. The first kappa shape index (κ1) is 10.8. The molecule has 7 heteroatoms. The highest BCUT2D eigenvalue weighted by Gasteiger charge is 2.19. The molecule has 0 fully saturated rings. The van der Waals surface area contributed by atoms with Gasteiger partial charge in [-0.1, -0.05) is 0 Å². The van der Waals surface area contributed by atoms with E-state index in [1.54, 1.807) is 6.07 Å². The lowest BCUT2D eigenvalue weighted by Gasteiger charge is -2.03. The Balaban J connectivity index is 3.09. The lowest BCUT2D eigenvalue weighted by molar-refractivity contribution is -0.387. The molecule has 0 aliphatic carbocycles. The number of benzene rings is 1. The van der Waals surface area contributed by atoms with Crippen LogP contribution in [0.3, 0.4) is 0 Å². The molecule has 0 saturated carbocycles. The average molecular weight is 214 g/mol. The minimum absolute atomic E-state index is 0.405. The monoisotopic (exact) mass is 214 g/mol. The van der Waals surface area contributed by atoms with Crippen molar-refractivity contribution in [1.29, 1.82) is 5.26 Å². The van der Waals surface area contributed by atoms with Crippen molar-refractivity contribution in [2.45, 2.75) is 0 Å². The van der Waals surface area contributed by atoms with Gasteiger partial charge in [0, 0.05) is 6.07 Å². The van der Waals surface area contributed by atoms with Gasteiger partial charge in [0.05, 0.1) is 11.0 Å². The van der Waals surface area contributed by atoms with Crippen LogP contribution in [0.25, 0.3) is 0 Å². The standard InChI is InChI=1S/C8H4F2N2O3/c9-5-4-8(15-2-1-11)6(10)3-7(5)12(13)14/h3-4H,2H2. The maximum atomic E-state index is 13.0. The van der Waals surface area contributed by atoms with Gasteiger partial charge in [-0.2, -0.15) is 9.65 Å². The summed E-state index contributed by atoms with van der Waals surface area (Å²) in [5.74, 6) is -2.83. The summed E-state index contributed by atoms with van der Waals surface area (Å²) in [5, 5.41) is 18.3. The first-order valence-electron chi connectivity index (χ1n) is 3.69. The van der Waals surface area contributed by atoms with E-state index in [1.165, 1.54) is 0 Å². The molecule has 0 radical (unpaired) electrons. The van der Waals surface area contributed by atoms with Crippen molar-refractivity contribution < 1.29 is 18.4 Å². The van der Waals surface area contributed by atoms with Gasteiger partial charge in [0.15, 0.2) is 18.2 Å². The van der Waals surface area contributed by atoms with Gasteiger partial charge in [-0.15, -0.1) is 0 Å². The molecule has 1 aromatic carbocycles. The molecule has 78 valence electrons. The zero-order chi connectivity index (χ0) is 11.4. The molecule has 15 heavy (non-hydrogen) atoms. The van der Waals surface area contributed by atoms with Crippen molar-refractivity contribution in [3.8, 4) is 11.8 Å². The van der Waals surface area contributed by atoms with Gasteiger partial charge in [0.25, 0.3) is 0 Å². The van der Waals surface area contributed by atoms with Crippen LogP contribution in [0, 0.1) is 33.1 Å². The van der Waals surface area contributed by atoms with Gasteiger partial charge in [0.1, 0.15) is 6.07 Å². The van der Waals surface area contributed by atoms with Gasteiger partial charge in [-0.25, -0.2) is 4.39 Å². The van der Waals surface area contributed by atoms with Crippen molar-refractivity contribution >= 4 is 5.69 Å². The average Bonchev–Trinajstić information content (AvgIpc) is 2.18. The van der Waals surface area contributed by atoms with E-state index >= 15 is 0 Å². The number of nitrogens with zero attached hydrogens (tertiary/aromatic N) is 2. The summed E-state index contributed by atoms with van der Waals surface area (Å²) in [6.45, 7) is -0.464. The van der Waals surface area contributed by atoms with Crippen LogP contribution in [0.5, 0.6) is 5.75 Å². The molecule has 0 heterocycles. The number of rotatable bonds is 3. The molecule has 0 bridgehead atoms. The Morgan fingerprint density at radius 2 is 2.13 bits per heavy atom. The third-order valence-electron chi connectivity index (χ3n) is 1.49. The smallest absolute Gasteiger partial charge is 0.307 e. The van der Waals surface area contributed by atoms with E-state index in [4.69, 9.17) is 5.26 Å². The molecule has 1 rings (SSSR count). The predicted octanol–water partition coefficient (Wildman–Crippen LogP) is 1.78. The van der Waals surface area contributed by atoms with Crippen LogP contribution in [0.1, 0.15) is 0 Å². The summed E-state index contributed by atoms with van der Waals surface area (Å²) in [6, 6.07) is 2.49. The zero-order valence-electron chi connectivity index (χ0n) is 7.24. The summed E-state index contributed by atoms with van der Waals surface area (Å²) in [5.41, 5.74) is -0.975. The van der Waals surface area contributed by atoms with Crippen LogP contribution in [-0.4, -0.2) is 11.5 Å². The van der Waals surface area contributed by atoms with Crippen LogP contribution in [0.2, 0.25) is 0 Å². The highest BCUT2D eigenvalue weighted by Crippen LogP contribution is 2.26. The first-order chi connectivity index (χ1) is 7.06. The van der Waals surface area contributed by atoms with Crippen molar-refractivity contribution in [2.24, 2.45) is 0 Å². The fourth-order valence-electron chi connectivity index (χ4n) is 0.879. The SMILES string of the molecule is N#CCOc1cc(F)c([N+](=O)[O-])cc1F. The second kappa shape index (κ2) is 4.32. The Morgan fingerprint density at radius 1 is 1.47 bits per heavy atom. The van der Waals surface area contributed by atoms with E-state index in [0.717, 1.165) is 0 Å². The number of hydrogen-bond donors (Lipinski definition) is 0. The summed E-state index contributed by atoms with van der Waals surface area (Å²) < 4.78 is 30.4. The van der Waals surface area contributed by atoms with Crippen molar-refractivity contribution in [2.75, 3.05) is 6.61 Å². The van der Waals surface area contributed by atoms with E-state index in [2.05, 4.69) is 4.74 Å². The van der Waals surface area contributed by atoms with Crippen LogP contribution >= 0.6 is 0 Å². The molecule has 0 unspecified atom stereocenters. The summed E-state index contributed by atoms with van der Waals surface area (Å²) in [7, 11) is 0. The van der Waals surface area contributed by atoms with Crippen LogP contribution in [0.15, 0.2) is 12.1 Å². The molecular formula is C8H4F2N2O3. The van der Waals surface area contributed by atoms with E-state index in [-0.39, 0.29) is 0 Å². The lowest BCUT2D eigenvalue weighted by Crippen LogP contribution is -2.00. The predicted molar refractivity (Wildman–Crippen MR) is 44.1 cm³/mol. The van der Waals surface area contributed by atoms with E-state index in [9.17, 15) is 18.9 Å². The molecule has 0 amide bonds. The minimum atomic E-state index is -1.21. The Morgan fingerprint density at radius 3 is 2.67 bits per heavy atom. The zero-order valence-corrected chi connectivity index (χ0v) is 7.24. The van der Waals surface area contributed by atoms with Gasteiger partial charge in [-0.3, -0.25) is 10.1 Å². The number of nitro benzene ring substituents is 1. The van der Waals surface area contributed by atoms with E-state index in [0.29, 0.717) is 12.1 Å². The molecule has 1 aromatic rings. The molecule has 0 aromatic heterocycles. The number of halogens is 2. The summed E-state index contributed by atoms with van der Waals surface area (Å²) >= 11 is 0. The first-order valence-corrected chi connectivity index (χ1v) is 3.69. The molecule has 0 aliphatic rings. The third kappa shape index (κ3) is 2.37. The van der Waals surface area contributed by atoms with Gasteiger partial charge in [-0.05, 0) is 0 Å². The topological polar surface area (TPSA) is 76.2 Å². The normalized spacial score (nSPS) is 9.40. The van der Waals surface area contributed by atoms with Crippen LogP contribution in [0.4, 0.5) is 14.5 Å². The van der Waals surface area contributed by atoms with Crippen LogP contribution in [-0.2, 0) is 0 Å². The minimum Gasteiger partial charge on any atom is -0.476 e. The number of nitriles is 1. The summed E-state index contributed by atoms with van der Waals surface area (Å²) in [4.78, 5) is 9.16. The van der Waals surface area contributed by atoms with Gasteiger partial charge in [0.2, 0.25) is 5.82 Å². The lowest BCUT2D eigenvalue weighted by atomic mass is 10.3. The van der Waals surface area contributed by atoms with Crippen molar-refractivity contribution in [3.63, 3.8) is 0 Å². The number of ether oxygens (including phenoxy) is 1. The second-order valence-electron chi connectivity index (χ2n) is 2.44. The number of nitro groups is 1. The van der Waals surface area contributed by atoms with Crippen molar-refractivity contribution in [1.82, 2.24) is 0 Å². The fraction of sp³-hybridized carbons (Fsp3) is 0.125. The molecular weight excluding hydrogens is 210 g/mol. The quantitative estimate of drug-likeness (QED) is 0.567. The van der Waals surface area contributed by atoms with Gasteiger partial charge < -0.3 is 4.74 Å². The highest BCUT2D eigenvalue weighted by molar-refractivity contribution is 5.39.